The maximum Gasteiger partial charge on any atom is 0.135 e. The lowest BCUT2D eigenvalue weighted by molar-refractivity contribution is 0.590. The van der Waals surface area contributed by atoms with Gasteiger partial charge >= 0.3 is 0 Å². The van der Waals surface area contributed by atoms with Crippen LogP contribution in [0.2, 0.25) is 0 Å². The highest BCUT2D eigenvalue weighted by molar-refractivity contribution is 6.06. The molecule has 0 atom stereocenters. The summed E-state index contributed by atoms with van der Waals surface area (Å²) in [6.45, 7) is 16.1. The summed E-state index contributed by atoms with van der Waals surface area (Å²) in [5.41, 5.74) is 15.1. The van der Waals surface area contributed by atoms with Crippen LogP contribution in [0.25, 0.3) is 66.1 Å². The van der Waals surface area contributed by atoms with Gasteiger partial charge in [0.1, 0.15) is 11.2 Å². The van der Waals surface area contributed by atoms with Crippen LogP contribution in [0.1, 0.15) is 70.7 Å². The van der Waals surface area contributed by atoms with Crippen LogP contribution in [-0.2, 0) is 17.3 Å². The SMILES string of the molecule is CC(C)Cc1ccc2cc(-c3ccc4c(c3)C(C)(C)c3cc(-c5ccc6oc7ccc(C(C)(C)C)cc7c6c5)ccc3-4)ccc2c1. The summed E-state index contributed by atoms with van der Waals surface area (Å²) >= 11 is 0. The van der Waals surface area contributed by atoms with E-state index in [1.165, 1.54) is 77.2 Å². The zero-order valence-corrected chi connectivity index (χ0v) is 28.1. The predicted molar refractivity (Wildman–Crippen MR) is 197 cm³/mol. The molecule has 7 aromatic rings. The van der Waals surface area contributed by atoms with Gasteiger partial charge in [0.05, 0.1) is 0 Å². The lowest BCUT2D eigenvalue weighted by Gasteiger charge is -2.22. The van der Waals surface area contributed by atoms with Crippen LogP contribution in [-0.4, -0.2) is 0 Å². The Morgan fingerprint density at radius 1 is 0.565 bits per heavy atom. The average molecular weight is 599 g/mol. The van der Waals surface area contributed by atoms with Crippen LogP contribution in [0.3, 0.4) is 0 Å². The van der Waals surface area contributed by atoms with E-state index in [4.69, 9.17) is 4.42 Å². The summed E-state index contributed by atoms with van der Waals surface area (Å²) in [5, 5.41) is 4.99. The molecular weight excluding hydrogens is 556 g/mol. The molecule has 1 aliphatic carbocycles. The quantitative estimate of drug-likeness (QED) is 0.196. The van der Waals surface area contributed by atoms with Gasteiger partial charge in [-0.1, -0.05) is 115 Å². The van der Waals surface area contributed by atoms with Gasteiger partial charge in [0, 0.05) is 16.2 Å². The molecule has 0 N–H and O–H groups in total. The highest BCUT2D eigenvalue weighted by atomic mass is 16.3. The van der Waals surface area contributed by atoms with E-state index >= 15 is 0 Å². The van der Waals surface area contributed by atoms with E-state index in [-0.39, 0.29) is 10.8 Å². The van der Waals surface area contributed by atoms with E-state index in [1.54, 1.807) is 0 Å². The lowest BCUT2D eigenvalue weighted by atomic mass is 9.80. The van der Waals surface area contributed by atoms with E-state index in [0.717, 1.165) is 17.6 Å². The van der Waals surface area contributed by atoms with E-state index in [9.17, 15) is 0 Å². The molecule has 0 radical (unpaired) electrons. The summed E-state index contributed by atoms with van der Waals surface area (Å²) in [7, 11) is 0. The molecule has 1 aliphatic rings. The standard InChI is InChI=1S/C45H42O/c1-27(2)20-28-8-9-30-22-31(11-10-29(30)21-28)33-12-16-36-37-17-13-34(25-41(37)45(6,7)40(36)24-33)32-14-18-42-38(23-32)39-26-35(44(3,4)5)15-19-43(39)46-42/h8-19,21-27H,20H2,1-7H3. The van der Waals surface area contributed by atoms with E-state index in [0.29, 0.717) is 5.92 Å². The third-order valence-corrected chi connectivity index (χ3v) is 10.2. The molecule has 0 saturated heterocycles. The Balaban J connectivity index is 1.16. The fourth-order valence-electron chi connectivity index (χ4n) is 7.59. The molecule has 1 heteroatoms. The minimum absolute atomic E-state index is 0.0847. The molecule has 46 heavy (non-hydrogen) atoms. The molecule has 0 spiro atoms. The lowest BCUT2D eigenvalue weighted by Crippen LogP contribution is -2.15. The van der Waals surface area contributed by atoms with Gasteiger partial charge in [-0.25, -0.2) is 0 Å². The molecule has 0 aliphatic heterocycles. The fourth-order valence-corrected chi connectivity index (χ4v) is 7.59. The van der Waals surface area contributed by atoms with Gasteiger partial charge in [0.2, 0.25) is 0 Å². The molecule has 1 nitrogen and oxygen atoms in total. The molecule has 0 unspecified atom stereocenters. The first-order chi connectivity index (χ1) is 22.0. The van der Waals surface area contributed by atoms with Gasteiger partial charge in [-0.2, -0.15) is 0 Å². The summed E-state index contributed by atoms with van der Waals surface area (Å²) in [6.07, 6.45) is 1.12. The van der Waals surface area contributed by atoms with Crippen molar-refractivity contribution < 1.29 is 4.42 Å². The van der Waals surface area contributed by atoms with Gasteiger partial charge in [0.25, 0.3) is 0 Å². The van der Waals surface area contributed by atoms with Gasteiger partial charge in [-0.05, 0) is 127 Å². The number of hydrogen-bond acceptors (Lipinski definition) is 1. The molecule has 0 saturated carbocycles. The van der Waals surface area contributed by atoms with Crippen molar-refractivity contribution in [2.24, 2.45) is 5.92 Å². The molecular formula is C45H42O. The van der Waals surface area contributed by atoms with Crippen molar-refractivity contribution in [3.05, 3.63) is 131 Å². The minimum atomic E-state index is -0.104. The topological polar surface area (TPSA) is 13.1 Å². The van der Waals surface area contributed by atoms with E-state index in [1.807, 2.05) is 0 Å². The van der Waals surface area contributed by atoms with Crippen LogP contribution < -0.4 is 0 Å². The van der Waals surface area contributed by atoms with Gasteiger partial charge in [0.15, 0.2) is 0 Å². The molecule has 1 heterocycles. The summed E-state index contributed by atoms with van der Waals surface area (Å²) in [6, 6.07) is 41.3. The monoisotopic (exact) mass is 598 g/mol. The highest BCUT2D eigenvalue weighted by Crippen LogP contribution is 2.51. The largest absolute Gasteiger partial charge is 0.456 e. The first-order valence-electron chi connectivity index (χ1n) is 16.8. The van der Waals surface area contributed by atoms with Crippen molar-refractivity contribution >= 4 is 32.7 Å². The maximum absolute atomic E-state index is 6.25. The fraction of sp³-hybridized carbons (Fsp3) is 0.244. The van der Waals surface area contributed by atoms with Gasteiger partial charge < -0.3 is 4.42 Å². The number of benzene rings is 6. The van der Waals surface area contributed by atoms with Gasteiger partial charge in [-0.3, -0.25) is 0 Å². The molecule has 8 rings (SSSR count). The Morgan fingerprint density at radius 2 is 1.09 bits per heavy atom. The zero-order chi connectivity index (χ0) is 32.0. The number of rotatable bonds is 4. The van der Waals surface area contributed by atoms with E-state index in [2.05, 4.69) is 158 Å². The Morgan fingerprint density at radius 3 is 1.74 bits per heavy atom. The normalized spacial score (nSPS) is 14.0. The van der Waals surface area contributed by atoms with Crippen molar-refractivity contribution in [1.82, 2.24) is 0 Å². The molecule has 0 bridgehead atoms. The average Bonchev–Trinajstić information content (AvgIpc) is 3.50. The van der Waals surface area contributed by atoms with Gasteiger partial charge in [-0.15, -0.1) is 0 Å². The van der Waals surface area contributed by atoms with E-state index < -0.39 is 0 Å². The number of furan rings is 1. The second-order valence-corrected chi connectivity index (χ2v) is 15.4. The van der Waals surface area contributed by atoms with Crippen LogP contribution in [0.4, 0.5) is 0 Å². The van der Waals surface area contributed by atoms with Crippen molar-refractivity contribution in [2.75, 3.05) is 0 Å². The third-order valence-electron chi connectivity index (χ3n) is 10.2. The Hall–Kier alpha value is -4.62. The Kier molecular flexibility index (Phi) is 6.39. The van der Waals surface area contributed by atoms with Crippen molar-refractivity contribution in [3.8, 4) is 33.4 Å². The van der Waals surface area contributed by atoms with Crippen LogP contribution in [0, 0.1) is 5.92 Å². The zero-order valence-electron chi connectivity index (χ0n) is 28.1. The molecule has 228 valence electrons. The smallest absolute Gasteiger partial charge is 0.135 e. The highest BCUT2D eigenvalue weighted by Gasteiger charge is 2.36. The van der Waals surface area contributed by atoms with Crippen LogP contribution >= 0.6 is 0 Å². The second-order valence-electron chi connectivity index (χ2n) is 15.4. The second kappa shape index (κ2) is 10.2. The maximum atomic E-state index is 6.25. The first kappa shape index (κ1) is 28.8. The van der Waals surface area contributed by atoms with Crippen molar-refractivity contribution in [2.45, 2.75) is 65.7 Å². The predicted octanol–water partition coefficient (Wildman–Crippen LogP) is 12.9. The number of fused-ring (bicyclic) bond motifs is 7. The molecule has 0 fully saturated rings. The molecule has 1 aromatic heterocycles. The Labute approximate surface area is 272 Å². The minimum Gasteiger partial charge on any atom is -0.456 e. The van der Waals surface area contributed by atoms with Crippen LogP contribution in [0.15, 0.2) is 114 Å². The summed E-state index contributed by atoms with van der Waals surface area (Å²) < 4.78 is 6.25. The Bertz CT molecular complexity index is 2320. The summed E-state index contributed by atoms with van der Waals surface area (Å²) in [4.78, 5) is 0. The molecule has 0 amide bonds. The third kappa shape index (κ3) is 4.68. The van der Waals surface area contributed by atoms with Crippen LogP contribution in [0.5, 0.6) is 0 Å². The molecule has 6 aromatic carbocycles. The number of hydrogen-bond donors (Lipinski definition) is 0. The first-order valence-corrected chi connectivity index (χ1v) is 16.8. The van der Waals surface area contributed by atoms with Crippen molar-refractivity contribution in [1.29, 1.82) is 0 Å². The van der Waals surface area contributed by atoms with Crippen molar-refractivity contribution in [3.63, 3.8) is 0 Å². The summed E-state index contributed by atoms with van der Waals surface area (Å²) in [5.74, 6) is 0.661.